The van der Waals surface area contributed by atoms with Crippen molar-refractivity contribution in [2.45, 2.75) is 5.75 Å². The van der Waals surface area contributed by atoms with Gasteiger partial charge in [0.2, 0.25) is 5.91 Å². The van der Waals surface area contributed by atoms with Gasteiger partial charge in [0.25, 0.3) is 5.69 Å². The number of amides is 1. The van der Waals surface area contributed by atoms with Gasteiger partial charge in [0.05, 0.1) is 16.4 Å². The molecule has 0 heterocycles. The first-order chi connectivity index (χ1) is 12.5. The lowest BCUT2D eigenvalue weighted by Gasteiger charge is -2.08. The molecule has 0 fully saturated rings. The van der Waals surface area contributed by atoms with Gasteiger partial charge in [-0.1, -0.05) is 42.5 Å². The predicted octanol–water partition coefficient (Wildman–Crippen LogP) is 4.33. The number of rotatable bonds is 6. The monoisotopic (exact) mass is 368 g/mol. The van der Waals surface area contributed by atoms with Crippen molar-refractivity contribution in [3.8, 4) is 5.75 Å². The molecule has 6 nitrogen and oxygen atoms in total. The number of nitrogens with zero attached hydrogens (tertiary/aromatic N) is 1. The molecule has 0 aliphatic carbocycles. The van der Waals surface area contributed by atoms with Gasteiger partial charge in [-0.3, -0.25) is 14.9 Å². The summed E-state index contributed by atoms with van der Waals surface area (Å²) in [5.74, 6) is 0.301. The molecule has 1 amide bonds. The smallest absolute Gasteiger partial charge is 0.271 e. The maximum Gasteiger partial charge on any atom is 0.271 e. The number of non-ortho nitro benzene ring substituents is 1. The average Bonchev–Trinajstić information content (AvgIpc) is 2.63. The molecule has 0 atom stereocenters. The lowest BCUT2D eigenvalue weighted by atomic mass is 10.1. The summed E-state index contributed by atoms with van der Waals surface area (Å²) >= 11 is 1.44. The fraction of sp³-hybridized carbons (Fsp3) is 0.105. The van der Waals surface area contributed by atoms with Crippen LogP contribution in [0.5, 0.6) is 5.75 Å². The maximum absolute atomic E-state index is 12.1. The molecular weight excluding hydrogens is 352 g/mol. The zero-order valence-corrected chi connectivity index (χ0v) is 14.5. The zero-order chi connectivity index (χ0) is 18.5. The number of aromatic hydroxyl groups is 1. The highest BCUT2D eigenvalue weighted by Crippen LogP contribution is 2.28. The van der Waals surface area contributed by atoms with Crippen molar-refractivity contribution in [1.82, 2.24) is 0 Å². The van der Waals surface area contributed by atoms with Gasteiger partial charge < -0.3 is 10.4 Å². The highest BCUT2D eigenvalue weighted by atomic mass is 32.2. The molecule has 0 bridgehead atoms. The first kappa shape index (κ1) is 17.8. The van der Waals surface area contributed by atoms with E-state index in [4.69, 9.17) is 0 Å². The second-order valence-electron chi connectivity index (χ2n) is 5.64. The summed E-state index contributed by atoms with van der Waals surface area (Å²) in [4.78, 5) is 22.3. The number of anilines is 1. The van der Waals surface area contributed by atoms with Crippen molar-refractivity contribution >= 4 is 39.8 Å². The molecule has 0 aliphatic heterocycles. The van der Waals surface area contributed by atoms with Gasteiger partial charge in [-0.2, -0.15) is 0 Å². The summed E-state index contributed by atoms with van der Waals surface area (Å²) in [5, 5.41) is 25.4. The number of hydrogen-bond acceptors (Lipinski definition) is 5. The summed E-state index contributed by atoms with van der Waals surface area (Å²) in [6.45, 7) is 0. The lowest BCUT2D eigenvalue weighted by Crippen LogP contribution is -2.14. The fourth-order valence-electron chi connectivity index (χ4n) is 2.60. The van der Waals surface area contributed by atoms with E-state index in [-0.39, 0.29) is 28.8 Å². The summed E-state index contributed by atoms with van der Waals surface area (Å²) in [5.41, 5.74) is 0.982. The molecule has 0 aliphatic rings. The van der Waals surface area contributed by atoms with Crippen molar-refractivity contribution in [1.29, 1.82) is 0 Å². The topological polar surface area (TPSA) is 92.5 Å². The molecule has 2 N–H and O–H groups in total. The fourth-order valence-corrected chi connectivity index (χ4v) is 3.43. The van der Waals surface area contributed by atoms with Crippen LogP contribution < -0.4 is 5.32 Å². The Morgan fingerprint density at radius 3 is 2.69 bits per heavy atom. The normalized spacial score (nSPS) is 10.6. The van der Waals surface area contributed by atoms with E-state index < -0.39 is 4.92 Å². The van der Waals surface area contributed by atoms with Crippen LogP contribution in [-0.2, 0) is 10.5 Å². The Balaban J connectivity index is 1.61. The van der Waals surface area contributed by atoms with E-state index >= 15 is 0 Å². The van der Waals surface area contributed by atoms with Crippen molar-refractivity contribution in [3.63, 3.8) is 0 Å². The molecule has 0 unspecified atom stereocenters. The average molecular weight is 368 g/mol. The maximum atomic E-state index is 12.1. The number of benzene rings is 3. The number of nitro benzene ring substituents is 1. The van der Waals surface area contributed by atoms with Crippen LogP contribution in [-0.4, -0.2) is 21.7 Å². The number of phenols is 1. The zero-order valence-electron chi connectivity index (χ0n) is 13.7. The number of nitro groups is 1. The van der Waals surface area contributed by atoms with Crippen molar-refractivity contribution in [3.05, 3.63) is 76.3 Å². The van der Waals surface area contributed by atoms with Crippen LogP contribution in [0.2, 0.25) is 0 Å². The Labute approximate surface area is 154 Å². The standard InChI is InChI=1S/C19H16N2O4S/c22-18-9-8-15(21(24)25)10-17(18)20-19(23)12-26-11-14-6-3-5-13-4-1-2-7-16(13)14/h1-10,22H,11-12H2,(H,20,23). The molecule has 7 heteroatoms. The van der Waals surface area contributed by atoms with Gasteiger partial charge >= 0.3 is 0 Å². The number of carbonyl (C=O) groups is 1. The third kappa shape index (κ3) is 4.12. The summed E-state index contributed by atoms with van der Waals surface area (Å²) < 4.78 is 0. The van der Waals surface area contributed by atoms with Gasteiger partial charge in [0.15, 0.2) is 0 Å². The van der Waals surface area contributed by atoms with Crippen LogP contribution in [0, 0.1) is 10.1 Å². The Morgan fingerprint density at radius 2 is 1.88 bits per heavy atom. The number of nitrogens with one attached hydrogen (secondary N) is 1. The van der Waals surface area contributed by atoms with Gasteiger partial charge in [-0.15, -0.1) is 11.8 Å². The van der Waals surface area contributed by atoms with Gasteiger partial charge in [0, 0.05) is 17.9 Å². The van der Waals surface area contributed by atoms with E-state index in [2.05, 4.69) is 5.32 Å². The Kier molecular flexibility index (Phi) is 5.38. The van der Waals surface area contributed by atoms with Gasteiger partial charge in [-0.05, 0) is 22.4 Å². The third-order valence-electron chi connectivity index (χ3n) is 3.84. The molecule has 0 spiro atoms. The lowest BCUT2D eigenvalue weighted by molar-refractivity contribution is -0.384. The summed E-state index contributed by atoms with van der Waals surface area (Å²) in [7, 11) is 0. The molecule has 0 radical (unpaired) electrons. The van der Waals surface area contributed by atoms with E-state index in [1.807, 2.05) is 42.5 Å². The van der Waals surface area contributed by atoms with Gasteiger partial charge in [0.1, 0.15) is 5.75 Å². The Hall–Kier alpha value is -3.06. The van der Waals surface area contributed by atoms with Crippen LogP contribution in [0.15, 0.2) is 60.7 Å². The van der Waals surface area contributed by atoms with Crippen molar-refractivity contribution < 1.29 is 14.8 Å². The quantitative estimate of drug-likeness (QED) is 0.384. The largest absolute Gasteiger partial charge is 0.506 e. The number of phenolic OH excluding ortho intramolecular Hbond substituents is 1. The number of carbonyl (C=O) groups excluding carboxylic acids is 1. The highest BCUT2D eigenvalue weighted by Gasteiger charge is 2.13. The minimum absolute atomic E-state index is 0.0370. The van der Waals surface area contributed by atoms with Crippen LogP contribution >= 0.6 is 11.8 Å². The molecule has 26 heavy (non-hydrogen) atoms. The molecule has 3 aromatic carbocycles. The minimum atomic E-state index is -0.579. The van der Waals surface area contributed by atoms with Crippen LogP contribution in [0.25, 0.3) is 10.8 Å². The molecule has 3 rings (SSSR count). The second-order valence-corrected chi connectivity index (χ2v) is 6.62. The SMILES string of the molecule is O=C(CSCc1cccc2ccccc12)Nc1cc([N+](=O)[O-])ccc1O. The predicted molar refractivity (Wildman–Crippen MR) is 104 cm³/mol. The van der Waals surface area contributed by atoms with Crippen LogP contribution in [0.4, 0.5) is 11.4 Å². The molecule has 0 aromatic heterocycles. The second kappa shape index (κ2) is 7.88. The van der Waals surface area contributed by atoms with Crippen molar-refractivity contribution in [2.24, 2.45) is 0 Å². The third-order valence-corrected chi connectivity index (χ3v) is 4.82. The van der Waals surface area contributed by atoms with E-state index in [1.165, 1.54) is 23.9 Å². The molecule has 0 saturated carbocycles. The molecule has 0 saturated heterocycles. The van der Waals surface area contributed by atoms with E-state index in [0.717, 1.165) is 22.4 Å². The van der Waals surface area contributed by atoms with E-state index in [9.17, 15) is 20.0 Å². The highest BCUT2D eigenvalue weighted by molar-refractivity contribution is 7.99. The number of hydrogen-bond donors (Lipinski definition) is 2. The minimum Gasteiger partial charge on any atom is -0.506 e. The van der Waals surface area contributed by atoms with Crippen LogP contribution in [0.1, 0.15) is 5.56 Å². The summed E-state index contributed by atoms with van der Waals surface area (Å²) in [6, 6.07) is 17.6. The van der Waals surface area contributed by atoms with Crippen LogP contribution in [0.3, 0.4) is 0 Å². The first-order valence-electron chi connectivity index (χ1n) is 7.86. The van der Waals surface area contributed by atoms with E-state index in [0.29, 0.717) is 5.75 Å². The molecule has 132 valence electrons. The molecule has 3 aromatic rings. The first-order valence-corrected chi connectivity index (χ1v) is 9.02. The summed E-state index contributed by atoms with van der Waals surface area (Å²) in [6.07, 6.45) is 0. The van der Waals surface area contributed by atoms with E-state index in [1.54, 1.807) is 0 Å². The number of fused-ring (bicyclic) bond motifs is 1. The van der Waals surface area contributed by atoms with Crippen molar-refractivity contribution in [2.75, 3.05) is 11.1 Å². The number of thioether (sulfide) groups is 1. The Morgan fingerprint density at radius 1 is 1.12 bits per heavy atom. The molecular formula is C19H16N2O4S. The van der Waals surface area contributed by atoms with Gasteiger partial charge in [-0.25, -0.2) is 0 Å². The Bertz CT molecular complexity index is 969.